The van der Waals surface area contributed by atoms with E-state index in [2.05, 4.69) is 20.4 Å². The van der Waals surface area contributed by atoms with Crippen LogP contribution >= 0.6 is 0 Å². The van der Waals surface area contributed by atoms with Gasteiger partial charge in [-0.1, -0.05) is 32.4 Å². The minimum Gasteiger partial charge on any atom is -0.457 e. The third-order valence-corrected chi connectivity index (χ3v) is 9.38. The van der Waals surface area contributed by atoms with E-state index < -0.39 is 34.8 Å². The van der Waals surface area contributed by atoms with Gasteiger partial charge in [-0.15, -0.1) is 0 Å². The number of aliphatic hydroxyl groups excluding tert-OH is 1. The average molecular weight is 431 g/mol. The van der Waals surface area contributed by atoms with Crippen LogP contribution in [0.15, 0.2) is 23.8 Å². The highest BCUT2D eigenvalue weighted by atomic mass is 16.6. The summed E-state index contributed by atoms with van der Waals surface area (Å²) in [5.74, 6) is -3.68. The third kappa shape index (κ3) is 2.29. The molecule has 6 fully saturated rings. The van der Waals surface area contributed by atoms with Gasteiger partial charge in [0.1, 0.15) is 17.6 Å². The molecule has 6 rings (SSSR count). The van der Waals surface area contributed by atoms with Crippen molar-refractivity contribution in [3.05, 3.63) is 23.8 Å². The predicted molar refractivity (Wildman–Crippen MR) is 113 cm³/mol. The molecule has 0 aromatic rings. The number of ether oxygens (including phenoxy) is 2. The molecular weight excluding hydrogens is 396 g/mol. The second kappa shape index (κ2) is 6.30. The van der Waals surface area contributed by atoms with E-state index >= 15 is 0 Å². The Hall–Kier alpha value is -1.50. The number of fused-ring (bicyclic) bond motifs is 2. The first-order chi connectivity index (χ1) is 14.4. The van der Waals surface area contributed by atoms with Gasteiger partial charge in [0.25, 0.3) is 0 Å². The Labute approximate surface area is 183 Å². The number of carbonyl (C=O) groups is 2. The molecule has 4 saturated carbocycles. The van der Waals surface area contributed by atoms with E-state index in [-0.39, 0.29) is 29.0 Å². The van der Waals surface area contributed by atoms with Crippen LogP contribution in [0.3, 0.4) is 0 Å². The van der Waals surface area contributed by atoms with E-state index in [0.29, 0.717) is 18.6 Å². The number of hydrogen-bond donors (Lipinski definition) is 2. The van der Waals surface area contributed by atoms with Gasteiger partial charge in [0, 0.05) is 23.3 Å². The summed E-state index contributed by atoms with van der Waals surface area (Å²) in [6, 6.07) is 0. The van der Waals surface area contributed by atoms with Crippen LogP contribution in [0.25, 0.3) is 0 Å². The van der Waals surface area contributed by atoms with Crippen LogP contribution < -0.4 is 0 Å². The maximum absolute atomic E-state index is 13.9. The third-order valence-electron chi connectivity index (χ3n) is 9.38. The van der Waals surface area contributed by atoms with E-state index in [9.17, 15) is 19.8 Å². The molecule has 0 aromatic heterocycles. The highest BCUT2D eigenvalue weighted by molar-refractivity contribution is 6.05. The van der Waals surface area contributed by atoms with Crippen LogP contribution in [0, 0.1) is 34.0 Å². The highest BCUT2D eigenvalue weighted by Crippen LogP contribution is 2.76. The molecule has 6 aliphatic rings. The van der Waals surface area contributed by atoms with Crippen molar-refractivity contribution in [2.45, 2.75) is 77.8 Å². The molecule has 4 bridgehead atoms. The topological polar surface area (TPSA) is 93.1 Å². The standard InChI is InChI=1S/C25H34O6/c1-13(2)11-17(26)31-21-15-7-8-16-23-10-6-9-22(4,5)18(23)20(28)25(29,30-12-23)24(16,21)19(27)14(15)3/h11,15-16,18,20-21,28-29H,3,6-10,12H2,1-2,4-5H3/t15-,16-,18+,20-,21+,23+,24-,25+/m0/s1. The van der Waals surface area contributed by atoms with Crippen molar-refractivity contribution in [1.29, 1.82) is 0 Å². The molecule has 8 atom stereocenters. The number of aliphatic hydroxyl groups is 2. The minimum atomic E-state index is -2.09. The first kappa shape index (κ1) is 21.4. The summed E-state index contributed by atoms with van der Waals surface area (Å²) in [5.41, 5.74) is -0.948. The van der Waals surface area contributed by atoms with Crippen molar-refractivity contribution < 1.29 is 29.3 Å². The molecule has 2 spiro atoms. The van der Waals surface area contributed by atoms with E-state index in [1.54, 1.807) is 13.8 Å². The smallest absolute Gasteiger partial charge is 0.331 e. The Bertz CT molecular complexity index is 900. The molecule has 2 N–H and O–H groups in total. The summed E-state index contributed by atoms with van der Waals surface area (Å²) >= 11 is 0. The molecule has 6 heteroatoms. The number of carbonyl (C=O) groups excluding carboxylic acids is 2. The van der Waals surface area contributed by atoms with Crippen LogP contribution in [0.5, 0.6) is 0 Å². The summed E-state index contributed by atoms with van der Waals surface area (Å²) < 4.78 is 12.0. The molecule has 2 aliphatic heterocycles. The lowest BCUT2D eigenvalue weighted by atomic mass is 9.36. The van der Waals surface area contributed by atoms with E-state index in [1.165, 1.54) is 6.08 Å². The van der Waals surface area contributed by atoms with Crippen LogP contribution in [-0.4, -0.2) is 46.6 Å². The Morgan fingerprint density at radius 2 is 1.97 bits per heavy atom. The maximum Gasteiger partial charge on any atom is 0.331 e. The van der Waals surface area contributed by atoms with E-state index in [0.717, 1.165) is 31.3 Å². The molecule has 31 heavy (non-hydrogen) atoms. The summed E-state index contributed by atoms with van der Waals surface area (Å²) in [7, 11) is 0. The summed E-state index contributed by atoms with van der Waals surface area (Å²) in [6.07, 6.45) is 3.48. The van der Waals surface area contributed by atoms with Crippen molar-refractivity contribution in [2.75, 3.05) is 6.61 Å². The van der Waals surface area contributed by atoms with Gasteiger partial charge in [-0.25, -0.2) is 4.79 Å². The van der Waals surface area contributed by atoms with Gasteiger partial charge in [0.05, 0.1) is 6.61 Å². The minimum absolute atomic E-state index is 0.185. The van der Waals surface area contributed by atoms with E-state index in [4.69, 9.17) is 9.47 Å². The van der Waals surface area contributed by atoms with Crippen LogP contribution in [0.4, 0.5) is 0 Å². The lowest BCUT2D eigenvalue weighted by Crippen LogP contribution is -2.83. The molecule has 2 heterocycles. The van der Waals surface area contributed by atoms with Crippen molar-refractivity contribution in [1.82, 2.24) is 0 Å². The van der Waals surface area contributed by atoms with Crippen LogP contribution in [0.1, 0.15) is 59.8 Å². The Morgan fingerprint density at radius 1 is 1.26 bits per heavy atom. The quantitative estimate of drug-likeness (QED) is 0.517. The zero-order valence-electron chi connectivity index (χ0n) is 18.9. The number of esters is 1. The fraction of sp³-hybridized carbons (Fsp3) is 0.760. The van der Waals surface area contributed by atoms with Crippen molar-refractivity contribution >= 4 is 11.8 Å². The molecule has 170 valence electrons. The zero-order chi connectivity index (χ0) is 22.6. The van der Waals surface area contributed by atoms with Crippen molar-refractivity contribution in [2.24, 2.45) is 34.0 Å². The number of Topliss-reactive ketones (excluding diaryl/α,β-unsaturated/α-hetero) is 1. The van der Waals surface area contributed by atoms with Gasteiger partial charge in [-0.2, -0.15) is 0 Å². The van der Waals surface area contributed by atoms with Gasteiger partial charge >= 0.3 is 5.97 Å². The van der Waals surface area contributed by atoms with Crippen molar-refractivity contribution in [3.8, 4) is 0 Å². The predicted octanol–water partition coefficient (Wildman–Crippen LogP) is 2.92. The zero-order valence-corrected chi connectivity index (χ0v) is 18.9. The fourth-order valence-electron chi connectivity index (χ4n) is 8.52. The summed E-state index contributed by atoms with van der Waals surface area (Å²) in [4.78, 5) is 26.5. The first-order valence-corrected chi connectivity index (χ1v) is 11.6. The maximum atomic E-state index is 13.9. The molecule has 0 amide bonds. The van der Waals surface area contributed by atoms with Crippen molar-refractivity contribution in [3.63, 3.8) is 0 Å². The SMILES string of the molecule is C=C1C(=O)[C@]23[C@H](OC(=O)C=C(C)C)[C@H]1CC[C@H]2[C@]12CCCC(C)(C)[C@H]1[C@H](O)[C@@]3(O)OC2. The first-order valence-electron chi connectivity index (χ1n) is 11.6. The number of allylic oxidation sites excluding steroid dienone is 1. The fourth-order valence-corrected chi connectivity index (χ4v) is 8.52. The Kier molecular flexibility index (Phi) is 4.34. The molecular formula is C25H34O6. The second-order valence-electron chi connectivity index (χ2n) is 11.5. The molecule has 4 aliphatic carbocycles. The lowest BCUT2D eigenvalue weighted by molar-refractivity contribution is -0.448. The lowest BCUT2D eigenvalue weighted by Gasteiger charge is -2.73. The van der Waals surface area contributed by atoms with Gasteiger partial charge in [-0.3, -0.25) is 4.79 Å². The Balaban J connectivity index is 1.71. The highest BCUT2D eigenvalue weighted by Gasteiger charge is 2.86. The molecule has 6 nitrogen and oxygen atoms in total. The number of rotatable bonds is 2. The van der Waals surface area contributed by atoms with E-state index in [1.807, 2.05) is 0 Å². The Morgan fingerprint density at radius 3 is 2.65 bits per heavy atom. The van der Waals surface area contributed by atoms with Crippen LogP contribution in [-0.2, 0) is 19.1 Å². The molecule has 0 radical (unpaired) electrons. The van der Waals surface area contributed by atoms with Gasteiger partial charge in [-0.05, 0) is 56.4 Å². The van der Waals surface area contributed by atoms with Gasteiger partial charge in [0.2, 0.25) is 5.79 Å². The molecule has 0 unspecified atom stereocenters. The number of hydrogen-bond acceptors (Lipinski definition) is 6. The molecule has 2 saturated heterocycles. The molecule has 0 aromatic carbocycles. The second-order valence-corrected chi connectivity index (χ2v) is 11.5. The van der Waals surface area contributed by atoms with Crippen LogP contribution in [0.2, 0.25) is 0 Å². The number of ketones is 1. The summed E-state index contributed by atoms with van der Waals surface area (Å²) in [6.45, 7) is 12.3. The summed E-state index contributed by atoms with van der Waals surface area (Å²) in [5, 5.41) is 23.7. The average Bonchev–Trinajstić information content (AvgIpc) is 2.78. The monoisotopic (exact) mass is 430 g/mol. The largest absolute Gasteiger partial charge is 0.457 e. The van der Waals surface area contributed by atoms with Gasteiger partial charge < -0.3 is 19.7 Å². The van der Waals surface area contributed by atoms with Gasteiger partial charge in [0.15, 0.2) is 5.78 Å². The normalized spacial score (nSPS) is 49.3.